The molecule has 2 rings (SSSR count). The van der Waals surface area contributed by atoms with Crippen molar-refractivity contribution in [2.75, 3.05) is 7.11 Å². The zero-order chi connectivity index (χ0) is 32.0. The first kappa shape index (κ1) is 37.8. The molecule has 0 aliphatic carbocycles. The van der Waals surface area contributed by atoms with E-state index in [4.69, 9.17) is 24.7 Å². The van der Waals surface area contributed by atoms with E-state index >= 15 is 0 Å². The third-order valence-electron chi connectivity index (χ3n) is 8.05. The molecule has 1 saturated heterocycles. The van der Waals surface area contributed by atoms with Gasteiger partial charge < -0.3 is 40.0 Å². The van der Waals surface area contributed by atoms with Crippen molar-refractivity contribution in [1.82, 2.24) is 0 Å². The summed E-state index contributed by atoms with van der Waals surface area (Å²) >= 11 is 0. The number of rotatable bonds is 10. The Bertz CT molecular complexity index is 898. The van der Waals surface area contributed by atoms with Gasteiger partial charge in [0.15, 0.2) is 6.10 Å². The van der Waals surface area contributed by atoms with Crippen LogP contribution in [0.5, 0.6) is 0 Å². The highest BCUT2D eigenvalue weighted by Gasteiger charge is 2.46. The van der Waals surface area contributed by atoms with Crippen LogP contribution in [0.25, 0.3) is 0 Å². The Morgan fingerprint density at radius 2 is 1.93 bits per heavy atom. The lowest BCUT2D eigenvalue weighted by Crippen LogP contribution is -2.43. The maximum atomic E-state index is 11.7. The number of hydrogen-bond donors (Lipinski definition) is 4. The van der Waals surface area contributed by atoms with Crippen LogP contribution in [0.3, 0.4) is 0 Å². The molecule has 2 heterocycles. The Balaban J connectivity index is 0.000000422. The van der Waals surface area contributed by atoms with Crippen molar-refractivity contribution in [3.05, 3.63) is 36.5 Å². The highest BCUT2D eigenvalue weighted by Crippen LogP contribution is 2.35. The number of amides is 1. The lowest BCUT2D eigenvalue weighted by molar-refractivity contribution is -0.152. The highest BCUT2D eigenvalue weighted by atomic mass is 16.6. The fraction of sp³-hybridized carbons (Fsp3) is 0.750. The van der Waals surface area contributed by atoms with Gasteiger partial charge in [0.25, 0.3) is 0 Å². The number of esters is 1. The van der Waals surface area contributed by atoms with Crippen molar-refractivity contribution in [2.24, 2.45) is 23.5 Å². The Morgan fingerprint density at radius 3 is 2.50 bits per heavy atom. The molecule has 0 aromatic carbocycles. The first-order chi connectivity index (χ1) is 19.7. The quantitative estimate of drug-likeness (QED) is 0.125. The third kappa shape index (κ3) is 13.4. The van der Waals surface area contributed by atoms with Crippen LogP contribution in [0.15, 0.2) is 36.5 Å². The Morgan fingerprint density at radius 1 is 1.26 bits per heavy atom. The molecule has 42 heavy (non-hydrogen) atoms. The van der Waals surface area contributed by atoms with Crippen LogP contribution in [0, 0.1) is 17.8 Å². The van der Waals surface area contributed by atoms with E-state index in [2.05, 4.69) is 13.8 Å². The molecule has 0 bridgehead atoms. The molecule has 1 amide bonds. The second kappa shape index (κ2) is 18.4. The van der Waals surface area contributed by atoms with Crippen molar-refractivity contribution in [2.45, 2.75) is 129 Å². The summed E-state index contributed by atoms with van der Waals surface area (Å²) in [6.45, 7) is 13.4. The zero-order valence-corrected chi connectivity index (χ0v) is 26.6. The maximum Gasteiger partial charge on any atom is 0.405 e. The van der Waals surface area contributed by atoms with Crippen LogP contribution < -0.4 is 5.73 Å². The van der Waals surface area contributed by atoms with Crippen molar-refractivity contribution in [3.63, 3.8) is 0 Å². The molecule has 5 N–H and O–H groups in total. The van der Waals surface area contributed by atoms with Gasteiger partial charge >= 0.3 is 12.1 Å². The van der Waals surface area contributed by atoms with Crippen LogP contribution in [-0.2, 0) is 23.7 Å². The van der Waals surface area contributed by atoms with Gasteiger partial charge in [-0.3, -0.25) is 4.79 Å². The fourth-order valence-corrected chi connectivity index (χ4v) is 4.92. The molecule has 0 spiro atoms. The van der Waals surface area contributed by atoms with Gasteiger partial charge in [0, 0.05) is 18.9 Å². The minimum Gasteiger partial charge on any atom is -0.462 e. The summed E-state index contributed by atoms with van der Waals surface area (Å²) in [5.74, 6) is -0.0670. The van der Waals surface area contributed by atoms with Gasteiger partial charge in [-0.05, 0) is 58.4 Å². The minimum absolute atomic E-state index is 0.0166. The van der Waals surface area contributed by atoms with Gasteiger partial charge in [0.2, 0.25) is 0 Å². The fourth-order valence-electron chi connectivity index (χ4n) is 4.92. The minimum atomic E-state index is -1.40. The number of hydrogen-bond acceptors (Lipinski definition) is 9. The molecule has 11 atom stereocenters. The molecule has 1 fully saturated rings. The van der Waals surface area contributed by atoms with E-state index in [-0.39, 0.29) is 49.4 Å². The lowest BCUT2D eigenvalue weighted by Gasteiger charge is -2.31. The number of allylic oxidation sites excluding steroid dienone is 3. The smallest absolute Gasteiger partial charge is 0.405 e. The number of aliphatic hydroxyl groups is 3. The van der Waals surface area contributed by atoms with Gasteiger partial charge in [-0.1, -0.05) is 58.1 Å². The Hall–Kier alpha value is -2.24. The number of ether oxygens (including phenoxy) is 4. The number of primary amides is 1. The molecule has 2 aliphatic rings. The molecule has 10 heteroatoms. The summed E-state index contributed by atoms with van der Waals surface area (Å²) in [5.41, 5.74) is 3.64. The number of cyclic esters (lactones) is 1. The van der Waals surface area contributed by atoms with E-state index in [0.717, 1.165) is 12.8 Å². The molecule has 2 aliphatic heterocycles. The molecular weight excluding hydrogens is 542 g/mol. The third-order valence-corrected chi connectivity index (χ3v) is 8.05. The number of nitrogens with two attached hydrogens (primary N) is 1. The number of carbonyl (C=O) groups excluding carboxylic acids is 2. The van der Waals surface area contributed by atoms with Gasteiger partial charge in [0.05, 0.1) is 30.8 Å². The van der Waals surface area contributed by atoms with Gasteiger partial charge in [-0.15, -0.1) is 0 Å². The van der Waals surface area contributed by atoms with Crippen LogP contribution in [-0.4, -0.2) is 82.8 Å². The number of carbonyl (C=O) groups is 2. The molecule has 11 unspecified atom stereocenters. The standard InChI is InChI=1S/C17H30O3.C15H25NO6/c1-6-8-9-10-12(3)16(18)17-15(20-17)11-13(4)14(7-2)19-5;1-9-4-5-12(22-14(16)19)15(3,20)7-6-11(17)8-13(18)21-10(9)2/h6,8-10,12-18H,7,11H2,1-5H3;4-5,9-12,17,20H,6-8H2,1-3H3,(H2,16,19)/b8-6-,10-9+;5-4+. The van der Waals surface area contributed by atoms with E-state index in [1.165, 1.54) is 13.0 Å². The van der Waals surface area contributed by atoms with Crippen LogP contribution in [0.2, 0.25) is 0 Å². The monoisotopic (exact) mass is 597 g/mol. The SMILES string of the molecule is C/C=C\C=C\C(C)C(O)C1OC1CC(C)C(CC)OC.CC1/C=C/C(OC(N)=O)C(C)(O)CCC(O)CC(=O)OC1C. The van der Waals surface area contributed by atoms with Gasteiger partial charge in [0.1, 0.15) is 17.8 Å². The van der Waals surface area contributed by atoms with E-state index in [1.54, 1.807) is 20.1 Å². The van der Waals surface area contributed by atoms with Crippen molar-refractivity contribution >= 4 is 12.1 Å². The average Bonchev–Trinajstić information content (AvgIpc) is 3.68. The second-order valence-corrected chi connectivity index (χ2v) is 11.8. The number of epoxide rings is 1. The first-order valence-electron chi connectivity index (χ1n) is 15.1. The van der Waals surface area contributed by atoms with E-state index in [1.807, 2.05) is 45.1 Å². The highest BCUT2D eigenvalue weighted by molar-refractivity contribution is 5.70. The van der Waals surface area contributed by atoms with E-state index < -0.39 is 42.1 Å². The number of aliphatic hydroxyl groups excluding tert-OH is 2. The van der Waals surface area contributed by atoms with Crippen LogP contribution in [0.1, 0.15) is 80.6 Å². The molecule has 10 nitrogen and oxygen atoms in total. The average molecular weight is 598 g/mol. The predicted octanol–water partition coefficient (Wildman–Crippen LogP) is 4.20. The van der Waals surface area contributed by atoms with Crippen LogP contribution >= 0.6 is 0 Å². The summed E-state index contributed by atoms with van der Waals surface area (Å²) < 4.78 is 21.3. The molecule has 0 aromatic rings. The first-order valence-corrected chi connectivity index (χ1v) is 15.1. The summed E-state index contributed by atoms with van der Waals surface area (Å²) in [7, 11) is 1.76. The molecule has 0 radical (unpaired) electrons. The van der Waals surface area contributed by atoms with Crippen molar-refractivity contribution in [3.8, 4) is 0 Å². The summed E-state index contributed by atoms with van der Waals surface area (Å²) in [4.78, 5) is 22.7. The normalized spacial score (nSPS) is 34.1. The zero-order valence-electron chi connectivity index (χ0n) is 26.6. The largest absolute Gasteiger partial charge is 0.462 e. The Kier molecular flexibility index (Phi) is 16.6. The van der Waals surface area contributed by atoms with Crippen molar-refractivity contribution in [1.29, 1.82) is 0 Å². The topological polar surface area (TPSA) is 161 Å². The predicted molar refractivity (Wildman–Crippen MR) is 161 cm³/mol. The summed E-state index contributed by atoms with van der Waals surface area (Å²) in [6, 6.07) is 0. The molecule has 0 saturated carbocycles. The van der Waals surface area contributed by atoms with Crippen LogP contribution in [0.4, 0.5) is 4.79 Å². The van der Waals surface area contributed by atoms with E-state index in [9.17, 15) is 24.9 Å². The van der Waals surface area contributed by atoms with Gasteiger partial charge in [-0.25, -0.2) is 4.79 Å². The summed E-state index contributed by atoms with van der Waals surface area (Å²) in [5, 5.41) is 30.6. The second-order valence-electron chi connectivity index (χ2n) is 11.8. The Labute approximate surface area is 251 Å². The molecular formula is C32H55NO9. The molecule has 242 valence electrons. The van der Waals surface area contributed by atoms with Crippen molar-refractivity contribution < 1.29 is 43.9 Å². The maximum absolute atomic E-state index is 11.7. The van der Waals surface area contributed by atoms with E-state index in [0.29, 0.717) is 5.92 Å². The lowest BCUT2D eigenvalue weighted by atomic mass is 9.89. The number of methoxy groups -OCH3 is 1. The van der Waals surface area contributed by atoms with Gasteiger partial charge in [-0.2, -0.15) is 0 Å². The summed E-state index contributed by atoms with van der Waals surface area (Å²) in [6.07, 6.45) is 10.1. The molecule has 0 aromatic heterocycles.